The van der Waals surface area contributed by atoms with Crippen LogP contribution < -0.4 is 16.2 Å². The van der Waals surface area contributed by atoms with Crippen LogP contribution in [-0.4, -0.2) is 43.9 Å². The largest absolute Gasteiger partial charge is 0.513 e. The van der Waals surface area contributed by atoms with Gasteiger partial charge in [-0.1, -0.05) is 6.58 Å². The fourth-order valence-corrected chi connectivity index (χ4v) is 1.98. The average molecular weight is 344 g/mol. The number of aliphatic hydroxyl groups excluding tert-OH is 1. The standard InChI is InChI=1S/C16H20N6O3/c1-3-17-14(24)10-22-15(25)5-4-13(21-22)12-8-19-16(20-9-12)18-7-6-11(2)23/h4-5,8-9,23H,2-3,6-7,10H2,1H3,(H,17,24)(H,18,19,20). The fourth-order valence-electron chi connectivity index (χ4n) is 1.98. The summed E-state index contributed by atoms with van der Waals surface area (Å²) in [5, 5.41) is 18.8. The van der Waals surface area contributed by atoms with Crippen molar-refractivity contribution in [3.63, 3.8) is 0 Å². The van der Waals surface area contributed by atoms with E-state index in [1.54, 1.807) is 25.4 Å². The summed E-state index contributed by atoms with van der Waals surface area (Å²) >= 11 is 0. The van der Waals surface area contributed by atoms with Crippen molar-refractivity contribution in [2.24, 2.45) is 0 Å². The number of carbonyl (C=O) groups excluding carboxylic acids is 1. The molecule has 3 N–H and O–H groups in total. The normalized spacial score (nSPS) is 10.3. The third-order valence-corrected chi connectivity index (χ3v) is 3.18. The van der Waals surface area contributed by atoms with Gasteiger partial charge in [0.2, 0.25) is 11.9 Å². The lowest BCUT2D eigenvalue weighted by Gasteiger charge is -2.08. The molecule has 0 saturated heterocycles. The molecule has 0 radical (unpaired) electrons. The van der Waals surface area contributed by atoms with Crippen molar-refractivity contribution in [3.8, 4) is 11.3 Å². The van der Waals surface area contributed by atoms with Gasteiger partial charge in [0.25, 0.3) is 5.56 Å². The Bertz CT molecular complexity index is 800. The van der Waals surface area contributed by atoms with E-state index in [1.165, 1.54) is 6.07 Å². The maximum Gasteiger partial charge on any atom is 0.267 e. The van der Waals surface area contributed by atoms with Crippen LogP contribution in [0.3, 0.4) is 0 Å². The molecule has 0 aliphatic heterocycles. The summed E-state index contributed by atoms with van der Waals surface area (Å²) in [6.45, 7) is 6.00. The highest BCUT2D eigenvalue weighted by molar-refractivity contribution is 5.75. The molecular weight excluding hydrogens is 324 g/mol. The molecule has 0 saturated carbocycles. The van der Waals surface area contributed by atoms with E-state index in [-0.39, 0.29) is 23.8 Å². The van der Waals surface area contributed by atoms with Gasteiger partial charge in [0.15, 0.2) is 0 Å². The van der Waals surface area contributed by atoms with Crippen LogP contribution >= 0.6 is 0 Å². The van der Waals surface area contributed by atoms with E-state index in [0.717, 1.165) is 4.68 Å². The van der Waals surface area contributed by atoms with Crippen LogP contribution in [0.15, 0.2) is 41.7 Å². The van der Waals surface area contributed by atoms with Gasteiger partial charge < -0.3 is 15.7 Å². The molecule has 25 heavy (non-hydrogen) atoms. The molecule has 0 fully saturated rings. The van der Waals surface area contributed by atoms with Gasteiger partial charge in [-0.05, 0) is 13.0 Å². The third-order valence-electron chi connectivity index (χ3n) is 3.18. The lowest BCUT2D eigenvalue weighted by Crippen LogP contribution is -2.33. The first-order valence-electron chi connectivity index (χ1n) is 7.77. The predicted molar refractivity (Wildman–Crippen MR) is 93.1 cm³/mol. The zero-order valence-electron chi connectivity index (χ0n) is 13.9. The number of likely N-dealkylation sites (N-methyl/N-ethyl adjacent to an activating group) is 1. The van der Waals surface area contributed by atoms with E-state index < -0.39 is 0 Å². The fraction of sp³-hybridized carbons (Fsp3) is 0.312. The number of hydrogen-bond donors (Lipinski definition) is 3. The van der Waals surface area contributed by atoms with Crippen molar-refractivity contribution in [3.05, 3.63) is 47.2 Å². The highest BCUT2D eigenvalue weighted by Crippen LogP contribution is 2.13. The number of aliphatic hydroxyl groups is 1. The Morgan fingerprint density at radius 3 is 2.68 bits per heavy atom. The van der Waals surface area contributed by atoms with Crippen LogP contribution in [0.1, 0.15) is 13.3 Å². The van der Waals surface area contributed by atoms with Crippen LogP contribution in [0.25, 0.3) is 11.3 Å². The summed E-state index contributed by atoms with van der Waals surface area (Å²) in [7, 11) is 0. The Morgan fingerprint density at radius 2 is 2.04 bits per heavy atom. The molecule has 0 spiro atoms. The molecule has 2 aromatic heterocycles. The molecule has 0 bridgehead atoms. The Balaban J connectivity index is 2.11. The number of carbonyl (C=O) groups is 1. The van der Waals surface area contributed by atoms with Crippen LogP contribution in [-0.2, 0) is 11.3 Å². The molecule has 0 unspecified atom stereocenters. The summed E-state index contributed by atoms with van der Waals surface area (Å²) in [6, 6.07) is 2.90. The second-order valence-electron chi connectivity index (χ2n) is 5.21. The zero-order valence-corrected chi connectivity index (χ0v) is 13.9. The predicted octanol–water partition coefficient (Wildman–Crippen LogP) is 0.710. The minimum atomic E-state index is -0.363. The number of nitrogens with zero attached hydrogens (tertiary/aromatic N) is 4. The van der Waals surface area contributed by atoms with Crippen molar-refractivity contribution in [1.29, 1.82) is 0 Å². The van der Waals surface area contributed by atoms with Gasteiger partial charge >= 0.3 is 0 Å². The molecule has 0 aliphatic carbocycles. The summed E-state index contributed by atoms with van der Waals surface area (Å²) in [5.41, 5.74) is 0.736. The van der Waals surface area contributed by atoms with E-state index in [9.17, 15) is 9.59 Å². The maximum absolute atomic E-state index is 11.8. The van der Waals surface area contributed by atoms with Gasteiger partial charge in [-0.25, -0.2) is 14.6 Å². The molecule has 0 aliphatic rings. The Morgan fingerprint density at radius 1 is 1.32 bits per heavy atom. The van der Waals surface area contributed by atoms with Crippen molar-refractivity contribution in [2.45, 2.75) is 19.9 Å². The number of aromatic nitrogens is 4. The first-order chi connectivity index (χ1) is 12.0. The van der Waals surface area contributed by atoms with Crippen LogP contribution in [0.4, 0.5) is 5.95 Å². The smallest absolute Gasteiger partial charge is 0.267 e. The first kappa shape index (κ1) is 18.1. The zero-order chi connectivity index (χ0) is 18.2. The molecule has 2 aromatic rings. The van der Waals surface area contributed by atoms with E-state index in [0.29, 0.717) is 36.7 Å². The molecule has 1 amide bonds. The van der Waals surface area contributed by atoms with Gasteiger partial charge in [-0.3, -0.25) is 9.59 Å². The topological polar surface area (TPSA) is 122 Å². The molecule has 0 aromatic carbocycles. The number of rotatable bonds is 8. The van der Waals surface area contributed by atoms with Crippen molar-refractivity contribution >= 4 is 11.9 Å². The highest BCUT2D eigenvalue weighted by Gasteiger charge is 2.08. The number of amides is 1. The van der Waals surface area contributed by atoms with Gasteiger partial charge in [-0.15, -0.1) is 0 Å². The van der Waals surface area contributed by atoms with Gasteiger partial charge in [0, 0.05) is 43.5 Å². The molecular formula is C16H20N6O3. The second-order valence-corrected chi connectivity index (χ2v) is 5.21. The third kappa shape index (κ3) is 5.41. The van der Waals surface area contributed by atoms with E-state index in [2.05, 4.69) is 32.3 Å². The van der Waals surface area contributed by atoms with Crippen molar-refractivity contribution in [2.75, 3.05) is 18.4 Å². The van der Waals surface area contributed by atoms with E-state index in [1.807, 2.05) is 0 Å². The van der Waals surface area contributed by atoms with E-state index >= 15 is 0 Å². The quantitative estimate of drug-likeness (QED) is 0.603. The molecule has 9 heteroatoms. The molecule has 2 rings (SSSR count). The lowest BCUT2D eigenvalue weighted by molar-refractivity contribution is -0.121. The summed E-state index contributed by atoms with van der Waals surface area (Å²) in [4.78, 5) is 31.8. The summed E-state index contributed by atoms with van der Waals surface area (Å²) in [6.07, 6.45) is 3.52. The average Bonchev–Trinajstić information content (AvgIpc) is 2.57. The summed E-state index contributed by atoms with van der Waals surface area (Å²) in [5.74, 6) is 0.207. The van der Waals surface area contributed by atoms with Crippen molar-refractivity contribution < 1.29 is 9.90 Å². The minimum Gasteiger partial charge on any atom is -0.513 e. The SMILES string of the molecule is C=C(O)CCNc1ncc(-c2ccc(=O)n(CC(=O)NCC)n2)cn1. The Labute approximate surface area is 144 Å². The molecule has 132 valence electrons. The second kappa shape index (κ2) is 8.57. The molecule has 2 heterocycles. The molecule has 9 nitrogen and oxygen atoms in total. The number of nitrogens with one attached hydrogen (secondary N) is 2. The number of hydrogen-bond acceptors (Lipinski definition) is 7. The Hall–Kier alpha value is -3.23. The van der Waals surface area contributed by atoms with Crippen LogP contribution in [0.5, 0.6) is 0 Å². The Kier molecular flexibility index (Phi) is 6.21. The van der Waals surface area contributed by atoms with Gasteiger partial charge in [0.05, 0.1) is 11.5 Å². The minimum absolute atomic E-state index is 0.0858. The van der Waals surface area contributed by atoms with Gasteiger partial charge in [-0.2, -0.15) is 5.10 Å². The lowest BCUT2D eigenvalue weighted by atomic mass is 10.2. The van der Waals surface area contributed by atoms with Crippen molar-refractivity contribution in [1.82, 2.24) is 25.1 Å². The van der Waals surface area contributed by atoms with E-state index in [4.69, 9.17) is 5.11 Å². The summed E-state index contributed by atoms with van der Waals surface area (Å²) < 4.78 is 1.10. The monoisotopic (exact) mass is 344 g/mol. The van der Waals surface area contributed by atoms with Gasteiger partial charge in [0.1, 0.15) is 6.54 Å². The first-order valence-corrected chi connectivity index (χ1v) is 7.77. The molecule has 0 atom stereocenters. The maximum atomic E-state index is 11.8. The van der Waals surface area contributed by atoms with Crippen LogP contribution in [0, 0.1) is 0 Å². The highest BCUT2D eigenvalue weighted by atomic mass is 16.3. The van der Waals surface area contributed by atoms with Crippen LogP contribution in [0.2, 0.25) is 0 Å². The number of anilines is 1.